The molecule has 0 saturated carbocycles. The van der Waals surface area contributed by atoms with E-state index in [9.17, 15) is 4.39 Å². The van der Waals surface area contributed by atoms with Crippen molar-refractivity contribution >= 4 is 23.8 Å². The average molecular weight is 283 g/mol. The fourth-order valence-electron chi connectivity index (χ4n) is 1.82. The van der Waals surface area contributed by atoms with Gasteiger partial charge in [-0.05, 0) is 24.6 Å². The van der Waals surface area contributed by atoms with E-state index >= 15 is 0 Å². The maximum Gasteiger partial charge on any atom is 0.141 e. The molecule has 0 bridgehead atoms. The number of hydrogen-bond donors (Lipinski definition) is 1. The van der Waals surface area contributed by atoms with Crippen LogP contribution >= 0.6 is 23.8 Å². The highest BCUT2D eigenvalue weighted by Gasteiger charge is 2.09. The average Bonchev–Trinajstić information content (AvgIpc) is 2.35. The molecule has 0 aliphatic carbocycles. The lowest BCUT2D eigenvalue weighted by Gasteiger charge is -2.09. The Bertz CT molecular complexity index is 625. The van der Waals surface area contributed by atoms with Crippen LogP contribution in [0.25, 0.3) is 11.3 Å². The molecule has 18 heavy (non-hydrogen) atoms. The summed E-state index contributed by atoms with van der Waals surface area (Å²) < 4.78 is 13.7. The first-order valence-electron chi connectivity index (χ1n) is 5.65. The Kier molecular flexibility index (Phi) is 4.09. The highest BCUT2D eigenvalue weighted by molar-refractivity contribution is 7.71. The van der Waals surface area contributed by atoms with Crippen LogP contribution in [0.2, 0.25) is 5.02 Å². The molecule has 2 rings (SSSR count). The summed E-state index contributed by atoms with van der Waals surface area (Å²) in [5.74, 6) is -0.426. The standard InChI is InChI=1S/C13H12ClFN2S/c1-2-3-9-12(16-7-17-13(9)18)8-4-5-11(15)10(14)6-8/h4-7H,2-3H2,1H3,(H,16,17,18). The maximum atomic E-state index is 13.2. The van der Waals surface area contributed by atoms with E-state index < -0.39 is 5.82 Å². The maximum absolute atomic E-state index is 13.2. The quantitative estimate of drug-likeness (QED) is 0.837. The third-order valence-electron chi connectivity index (χ3n) is 2.66. The molecule has 0 spiro atoms. The predicted octanol–water partition coefficient (Wildman–Crippen LogP) is 4.55. The molecule has 2 nitrogen and oxygen atoms in total. The van der Waals surface area contributed by atoms with E-state index in [1.165, 1.54) is 6.07 Å². The van der Waals surface area contributed by atoms with Gasteiger partial charge in [-0.2, -0.15) is 0 Å². The molecule has 94 valence electrons. The van der Waals surface area contributed by atoms with Crippen LogP contribution in [0.4, 0.5) is 4.39 Å². The Hall–Kier alpha value is -1.26. The van der Waals surface area contributed by atoms with Gasteiger partial charge in [0.2, 0.25) is 0 Å². The molecule has 2 aromatic rings. The first-order chi connectivity index (χ1) is 8.63. The minimum Gasteiger partial charge on any atom is -0.346 e. The van der Waals surface area contributed by atoms with E-state index in [4.69, 9.17) is 23.8 Å². The molecule has 0 aliphatic rings. The second-order valence-electron chi connectivity index (χ2n) is 3.94. The van der Waals surface area contributed by atoms with Crippen molar-refractivity contribution in [2.45, 2.75) is 19.8 Å². The highest BCUT2D eigenvalue weighted by atomic mass is 35.5. The van der Waals surface area contributed by atoms with Gasteiger partial charge >= 0.3 is 0 Å². The number of hydrogen-bond acceptors (Lipinski definition) is 2. The Morgan fingerprint density at radius 3 is 2.89 bits per heavy atom. The number of halogens is 2. The summed E-state index contributed by atoms with van der Waals surface area (Å²) in [6.45, 7) is 2.07. The molecule has 1 heterocycles. The van der Waals surface area contributed by atoms with Crippen LogP contribution in [0.5, 0.6) is 0 Å². The van der Waals surface area contributed by atoms with Crippen molar-refractivity contribution in [1.29, 1.82) is 0 Å². The monoisotopic (exact) mass is 282 g/mol. The SMILES string of the molecule is CCCc1c(-c2ccc(F)c(Cl)c2)[nH]cnc1=S. The van der Waals surface area contributed by atoms with Crippen LogP contribution in [0.1, 0.15) is 18.9 Å². The summed E-state index contributed by atoms with van der Waals surface area (Å²) >= 11 is 11.0. The van der Waals surface area contributed by atoms with Gasteiger partial charge in [0, 0.05) is 11.1 Å². The number of aromatic amines is 1. The number of benzene rings is 1. The zero-order valence-corrected chi connectivity index (χ0v) is 11.4. The number of nitrogens with zero attached hydrogens (tertiary/aromatic N) is 1. The Labute approximate surface area is 115 Å². The lowest BCUT2D eigenvalue weighted by Crippen LogP contribution is -1.97. The third-order valence-corrected chi connectivity index (χ3v) is 3.30. The molecule has 1 aromatic carbocycles. The van der Waals surface area contributed by atoms with Gasteiger partial charge in [0.05, 0.1) is 17.0 Å². The van der Waals surface area contributed by atoms with E-state index in [2.05, 4.69) is 16.9 Å². The normalized spacial score (nSPS) is 10.6. The van der Waals surface area contributed by atoms with Crippen LogP contribution in [-0.4, -0.2) is 9.97 Å². The second kappa shape index (κ2) is 5.59. The van der Waals surface area contributed by atoms with Gasteiger partial charge in [-0.25, -0.2) is 9.37 Å². The van der Waals surface area contributed by atoms with Gasteiger partial charge in [-0.3, -0.25) is 0 Å². The molecule has 0 saturated heterocycles. The van der Waals surface area contributed by atoms with Crippen molar-refractivity contribution in [3.8, 4) is 11.3 Å². The fourth-order valence-corrected chi connectivity index (χ4v) is 2.26. The summed E-state index contributed by atoms with van der Waals surface area (Å²) in [6.07, 6.45) is 3.34. The molecule has 0 atom stereocenters. The third kappa shape index (κ3) is 2.60. The molecule has 0 unspecified atom stereocenters. The minimum absolute atomic E-state index is 0.103. The van der Waals surface area contributed by atoms with Crippen LogP contribution in [0.3, 0.4) is 0 Å². The van der Waals surface area contributed by atoms with E-state index in [-0.39, 0.29) is 5.02 Å². The van der Waals surface area contributed by atoms with Crippen molar-refractivity contribution in [2.24, 2.45) is 0 Å². The Balaban J connectivity index is 2.59. The van der Waals surface area contributed by atoms with Crippen molar-refractivity contribution in [2.75, 3.05) is 0 Å². The van der Waals surface area contributed by atoms with Gasteiger partial charge in [0.15, 0.2) is 0 Å². The molecule has 5 heteroatoms. The summed E-state index contributed by atoms with van der Waals surface area (Å²) in [7, 11) is 0. The molecule has 0 fully saturated rings. The molecular weight excluding hydrogens is 271 g/mol. The van der Waals surface area contributed by atoms with E-state index in [0.717, 1.165) is 29.7 Å². The topological polar surface area (TPSA) is 28.7 Å². The molecular formula is C13H12ClFN2S. The molecule has 1 aromatic heterocycles. The van der Waals surface area contributed by atoms with Crippen molar-refractivity contribution < 1.29 is 4.39 Å². The van der Waals surface area contributed by atoms with Gasteiger partial charge in [-0.15, -0.1) is 0 Å². The largest absolute Gasteiger partial charge is 0.346 e. The van der Waals surface area contributed by atoms with E-state index in [0.29, 0.717) is 4.64 Å². The lowest BCUT2D eigenvalue weighted by molar-refractivity contribution is 0.628. The van der Waals surface area contributed by atoms with Gasteiger partial charge in [-0.1, -0.05) is 37.2 Å². The first-order valence-corrected chi connectivity index (χ1v) is 6.44. The summed E-state index contributed by atoms with van der Waals surface area (Å²) in [6, 6.07) is 4.63. The molecule has 1 N–H and O–H groups in total. The van der Waals surface area contributed by atoms with E-state index in [1.54, 1.807) is 18.5 Å². The van der Waals surface area contributed by atoms with Gasteiger partial charge in [0.1, 0.15) is 10.5 Å². The number of H-pyrrole nitrogens is 1. The fraction of sp³-hybridized carbons (Fsp3) is 0.231. The molecule has 0 amide bonds. The smallest absolute Gasteiger partial charge is 0.141 e. The van der Waals surface area contributed by atoms with Crippen molar-refractivity contribution in [3.63, 3.8) is 0 Å². The Morgan fingerprint density at radius 2 is 2.22 bits per heavy atom. The lowest BCUT2D eigenvalue weighted by atomic mass is 10.0. The minimum atomic E-state index is -0.426. The van der Waals surface area contributed by atoms with Gasteiger partial charge < -0.3 is 4.98 Å². The van der Waals surface area contributed by atoms with E-state index in [1.807, 2.05) is 0 Å². The van der Waals surface area contributed by atoms with Crippen LogP contribution in [-0.2, 0) is 6.42 Å². The number of rotatable bonds is 3. The van der Waals surface area contributed by atoms with Crippen LogP contribution in [0.15, 0.2) is 24.5 Å². The van der Waals surface area contributed by atoms with Gasteiger partial charge in [0.25, 0.3) is 0 Å². The van der Waals surface area contributed by atoms with Crippen molar-refractivity contribution in [3.05, 3.63) is 45.6 Å². The summed E-state index contributed by atoms with van der Waals surface area (Å²) in [4.78, 5) is 7.14. The Morgan fingerprint density at radius 1 is 1.44 bits per heavy atom. The summed E-state index contributed by atoms with van der Waals surface area (Å²) in [5.41, 5.74) is 2.65. The number of aromatic nitrogens is 2. The predicted molar refractivity (Wildman–Crippen MR) is 73.8 cm³/mol. The van der Waals surface area contributed by atoms with Crippen LogP contribution < -0.4 is 0 Å². The summed E-state index contributed by atoms with van der Waals surface area (Å²) in [5, 5.41) is 0.103. The zero-order valence-electron chi connectivity index (χ0n) is 9.84. The molecule has 0 aliphatic heterocycles. The van der Waals surface area contributed by atoms with Crippen molar-refractivity contribution in [1.82, 2.24) is 9.97 Å². The zero-order chi connectivity index (χ0) is 13.1. The molecule has 0 radical (unpaired) electrons. The van der Waals surface area contributed by atoms with Crippen LogP contribution in [0, 0.1) is 10.5 Å². The number of nitrogens with one attached hydrogen (secondary N) is 1. The first kappa shape index (κ1) is 13.2. The highest BCUT2D eigenvalue weighted by Crippen LogP contribution is 2.26. The second-order valence-corrected chi connectivity index (χ2v) is 4.73.